The summed E-state index contributed by atoms with van der Waals surface area (Å²) in [6.07, 6.45) is 1.85. The first-order chi connectivity index (χ1) is 7.91. The van der Waals surface area contributed by atoms with Crippen LogP contribution in [0.15, 0.2) is 18.5 Å². The van der Waals surface area contributed by atoms with Crippen molar-refractivity contribution in [3.05, 3.63) is 24.3 Å². The maximum Gasteiger partial charge on any atom is 0.303 e. The predicted molar refractivity (Wildman–Crippen MR) is 58.5 cm³/mol. The largest absolute Gasteiger partial charge is 0.481 e. The highest BCUT2D eigenvalue weighted by atomic mass is 32.2. The molecule has 1 aromatic rings. The third kappa shape index (κ3) is 4.77. The summed E-state index contributed by atoms with van der Waals surface area (Å²) in [5.41, 5.74) is -0.199. The maximum atomic E-state index is 13.1. The van der Waals surface area contributed by atoms with E-state index in [9.17, 15) is 17.6 Å². The van der Waals surface area contributed by atoms with E-state index >= 15 is 0 Å². The van der Waals surface area contributed by atoms with Crippen molar-refractivity contribution in [2.75, 3.05) is 10.5 Å². The smallest absolute Gasteiger partial charge is 0.303 e. The molecule has 1 aromatic heterocycles. The number of carboxylic acid groups (broad SMARTS) is 1. The molecule has 2 N–H and O–H groups in total. The molecule has 0 spiro atoms. The second-order valence-electron chi connectivity index (χ2n) is 3.27. The topological polar surface area (TPSA) is 96.4 Å². The van der Waals surface area contributed by atoms with Crippen molar-refractivity contribution in [3.8, 4) is 0 Å². The lowest BCUT2D eigenvalue weighted by molar-refractivity contribution is -0.137. The van der Waals surface area contributed by atoms with Crippen LogP contribution in [-0.4, -0.2) is 30.2 Å². The number of aromatic nitrogens is 1. The minimum atomic E-state index is -3.73. The van der Waals surface area contributed by atoms with Crippen LogP contribution in [0.25, 0.3) is 0 Å². The maximum absolute atomic E-state index is 13.1. The van der Waals surface area contributed by atoms with Crippen molar-refractivity contribution in [1.82, 2.24) is 4.98 Å². The molecule has 0 atom stereocenters. The first-order valence-electron chi connectivity index (χ1n) is 4.72. The standard InChI is InChI=1S/C9H11FN2O4S/c10-7-6-11-4-3-8(7)12-17(15,16)5-1-2-9(13)14/h3-4,6H,1-2,5H2,(H,11,12)(H,13,14). The van der Waals surface area contributed by atoms with Crippen molar-refractivity contribution in [1.29, 1.82) is 0 Å². The molecule has 6 nitrogen and oxygen atoms in total. The third-order valence-electron chi connectivity index (χ3n) is 1.84. The van der Waals surface area contributed by atoms with E-state index in [1.54, 1.807) is 0 Å². The fraction of sp³-hybridized carbons (Fsp3) is 0.333. The Morgan fingerprint density at radius 2 is 2.24 bits per heavy atom. The highest BCUT2D eigenvalue weighted by Gasteiger charge is 2.13. The van der Waals surface area contributed by atoms with Crippen molar-refractivity contribution in [2.45, 2.75) is 12.8 Å². The van der Waals surface area contributed by atoms with Crippen LogP contribution in [0.3, 0.4) is 0 Å². The van der Waals surface area contributed by atoms with Crippen LogP contribution in [-0.2, 0) is 14.8 Å². The Morgan fingerprint density at radius 3 is 2.82 bits per heavy atom. The summed E-state index contributed by atoms with van der Waals surface area (Å²) in [6, 6.07) is 1.18. The Kier molecular flexibility index (Phi) is 4.38. The molecule has 0 saturated heterocycles. The molecule has 0 unspecified atom stereocenters. The number of pyridine rings is 1. The van der Waals surface area contributed by atoms with Gasteiger partial charge in [-0.3, -0.25) is 14.5 Å². The molecule has 0 aliphatic heterocycles. The third-order valence-corrected chi connectivity index (χ3v) is 3.20. The van der Waals surface area contributed by atoms with Crippen molar-refractivity contribution in [2.24, 2.45) is 0 Å². The summed E-state index contributed by atoms with van der Waals surface area (Å²) in [4.78, 5) is 13.7. The molecule has 0 radical (unpaired) electrons. The van der Waals surface area contributed by atoms with Gasteiger partial charge in [0.2, 0.25) is 10.0 Å². The number of carbonyl (C=O) groups is 1. The van der Waals surface area contributed by atoms with E-state index < -0.39 is 21.8 Å². The fourth-order valence-electron chi connectivity index (χ4n) is 1.09. The lowest BCUT2D eigenvalue weighted by Crippen LogP contribution is -2.18. The number of halogens is 1. The van der Waals surface area contributed by atoms with E-state index in [-0.39, 0.29) is 24.3 Å². The van der Waals surface area contributed by atoms with Gasteiger partial charge < -0.3 is 5.11 Å². The van der Waals surface area contributed by atoms with Crippen LogP contribution >= 0.6 is 0 Å². The minimum Gasteiger partial charge on any atom is -0.481 e. The Labute approximate surface area is 97.5 Å². The number of nitrogens with one attached hydrogen (secondary N) is 1. The number of nitrogens with zero attached hydrogens (tertiary/aromatic N) is 1. The zero-order valence-corrected chi connectivity index (χ0v) is 9.58. The van der Waals surface area contributed by atoms with Crippen molar-refractivity contribution >= 4 is 21.7 Å². The van der Waals surface area contributed by atoms with E-state index in [0.29, 0.717) is 0 Å². The molecule has 1 rings (SSSR count). The van der Waals surface area contributed by atoms with Gasteiger partial charge in [0, 0.05) is 12.6 Å². The molecular formula is C9H11FN2O4S. The molecule has 0 amide bonds. The zero-order valence-electron chi connectivity index (χ0n) is 8.76. The minimum absolute atomic E-state index is 0.0304. The zero-order chi connectivity index (χ0) is 12.9. The van der Waals surface area contributed by atoms with Crippen LogP contribution in [0.1, 0.15) is 12.8 Å². The number of hydrogen-bond donors (Lipinski definition) is 2. The number of hydrogen-bond acceptors (Lipinski definition) is 4. The molecule has 0 aliphatic carbocycles. The quantitative estimate of drug-likeness (QED) is 0.791. The van der Waals surface area contributed by atoms with Gasteiger partial charge in [-0.25, -0.2) is 12.8 Å². The van der Waals surface area contributed by atoms with Gasteiger partial charge in [0.25, 0.3) is 0 Å². The molecule has 0 fully saturated rings. The van der Waals surface area contributed by atoms with Gasteiger partial charge in [-0.2, -0.15) is 0 Å². The average molecular weight is 262 g/mol. The first kappa shape index (κ1) is 13.4. The number of rotatable bonds is 6. The SMILES string of the molecule is O=C(O)CCCS(=O)(=O)Nc1ccncc1F. The van der Waals surface area contributed by atoms with E-state index in [0.717, 1.165) is 6.20 Å². The van der Waals surface area contributed by atoms with Gasteiger partial charge in [-0.1, -0.05) is 0 Å². The van der Waals surface area contributed by atoms with Crippen LogP contribution < -0.4 is 4.72 Å². The number of carboxylic acids is 1. The predicted octanol–water partition coefficient (Wildman–Crippen LogP) is 0.827. The molecular weight excluding hydrogens is 251 g/mol. The van der Waals surface area contributed by atoms with Gasteiger partial charge in [-0.15, -0.1) is 0 Å². The average Bonchev–Trinajstić information content (AvgIpc) is 2.20. The van der Waals surface area contributed by atoms with E-state index in [1.807, 2.05) is 4.72 Å². The van der Waals surface area contributed by atoms with Crippen molar-refractivity contribution in [3.63, 3.8) is 0 Å². The van der Waals surface area contributed by atoms with Gasteiger partial charge in [0.05, 0.1) is 17.6 Å². The second kappa shape index (κ2) is 5.58. The van der Waals surface area contributed by atoms with Gasteiger partial charge in [-0.05, 0) is 12.5 Å². The lowest BCUT2D eigenvalue weighted by atomic mass is 10.3. The molecule has 1 heterocycles. The lowest BCUT2D eigenvalue weighted by Gasteiger charge is -2.07. The summed E-state index contributed by atoms with van der Waals surface area (Å²) in [7, 11) is -3.73. The van der Waals surface area contributed by atoms with Crippen LogP contribution in [0.5, 0.6) is 0 Å². The molecule has 0 aliphatic rings. The highest BCUT2D eigenvalue weighted by Crippen LogP contribution is 2.13. The number of sulfonamides is 1. The Morgan fingerprint density at radius 1 is 1.53 bits per heavy atom. The molecule has 0 aromatic carbocycles. The Bertz CT molecular complexity index is 503. The van der Waals surface area contributed by atoms with Crippen LogP contribution in [0.2, 0.25) is 0 Å². The first-order valence-corrected chi connectivity index (χ1v) is 6.38. The molecule has 17 heavy (non-hydrogen) atoms. The monoisotopic (exact) mass is 262 g/mol. The van der Waals surface area contributed by atoms with E-state index in [1.165, 1.54) is 12.3 Å². The van der Waals surface area contributed by atoms with Gasteiger partial charge in [0.15, 0.2) is 5.82 Å². The molecule has 94 valence electrons. The van der Waals surface area contributed by atoms with E-state index in [4.69, 9.17) is 5.11 Å². The number of anilines is 1. The van der Waals surface area contributed by atoms with Crippen LogP contribution in [0.4, 0.5) is 10.1 Å². The molecule has 8 heteroatoms. The molecule has 0 bridgehead atoms. The fourth-order valence-corrected chi connectivity index (χ4v) is 2.22. The number of aliphatic carboxylic acids is 1. The normalized spacial score (nSPS) is 11.1. The summed E-state index contributed by atoms with van der Waals surface area (Å²) >= 11 is 0. The summed E-state index contributed by atoms with van der Waals surface area (Å²) < 4.78 is 38.0. The molecule has 0 saturated carbocycles. The second-order valence-corrected chi connectivity index (χ2v) is 5.12. The summed E-state index contributed by atoms with van der Waals surface area (Å²) in [5.74, 6) is -2.23. The van der Waals surface area contributed by atoms with Crippen molar-refractivity contribution < 1.29 is 22.7 Å². The highest BCUT2D eigenvalue weighted by molar-refractivity contribution is 7.92. The Hall–Kier alpha value is -1.70. The van der Waals surface area contributed by atoms with Gasteiger partial charge >= 0.3 is 5.97 Å². The summed E-state index contributed by atoms with van der Waals surface area (Å²) in [5, 5.41) is 8.36. The van der Waals surface area contributed by atoms with Gasteiger partial charge in [0.1, 0.15) is 0 Å². The Balaban J connectivity index is 2.61. The van der Waals surface area contributed by atoms with Crippen LogP contribution in [0, 0.1) is 5.82 Å². The summed E-state index contributed by atoms with van der Waals surface area (Å²) in [6.45, 7) is 0. The van der Waals surface area contributed by atoms with E-state index in [2.05, 4.69) is 4.98 Å².